The van der Waals surface area contributed by atoms with Crippen LogP contribution in [0.25, 0.3) is 0 Å². The minimum atomic E-state index is -3.28. The summed E-state index contributed by atoms with van der Waals surface area (Å²) in [4.78, 5) is 12.8. The number of amides is 1. The van der Waals surface area contributed by atoms with Crippen molar-refractivity contribution in [1.29, 1.82) is 0 Å². The van der Waals surface area contributed by atoms with Crippen LogP contribution in [0.5, 0.6) is 0 Å². The summed E-state index contributed by atoms with van der Waals surface area (Å²) in [6.07, 6.45) is 2.70. The lowest BCUT2D eigenvalue weighted by Crippen LogP contribution is -2.30. The summed E-state index contributed by atoms with van der Waals surface area (Å²) in [6.45, 7) is 5.49. The van der Waals surface area contributed by atoms with Gasteiger partial charge in [-0.25, -0.2) is 12.7 Å². The molecule has 156 valence electrons. The molecular formula is C23H30N2O3S. The number of rotatable bonds is 8. The zero-order chi connectivity index (χ0) is 20.9. The number of nitrogens with zero attached hydrogens (tertiary/aromatic N) is 1. The van der Waals surface area contributed by atoms with Crippen LogP contribution in [0, 0.1) is 5.92 Å². The highest BCUT2D eigenvalue weighted by molar-refractivity contribution is 7.88. The molecule has 0 saturated carbocycles. The fourth-order valence-electron chi connectivity index (χ4n) is 3.70. The van der Waals surface area contributed by atoms with Crippen LogP contribution >= 0.6 is 0 Å². The second-order valence-electron chi connectivity index (χ2n) is 8.13. The molecule has 0 unspecified atom stereocenters. The van der Waals surface area contributed by atoms with Crippen molar-refractivity contribution in [2.75, 3.05) is 13.1 Å². The minimum absolute atomic E-state index is 0.0190. The first kappa shape index (κ1) is 21.5. The first-order valence-electron chi connectivity index (χ1n) is 10.3. The molecule has 0 aromatic heterocycles. The SMILES string of the molecule is CC(C)C[C@@H](NC(=O)c1ccc(CS(=O)(=O)N2CCCC2)cc1)c1ccccc1. The number of carbonyl (C=O) groups is 1. The summed E-state index contributed by atoms with van der Waals surface area (Å²) in [5, 5.41) is 3.13. The Labute approximate surface area is 174 Å². The van der Waals surface area contributed by atoms with Crippen molar-refractivity contribution in [3.8, 4) is 0 Å². The summed E-state index contributed by atoms with van der Waals surface area (Å²) in [6, 6.07) is 16.8. The molecule has 1 aliphatic rings. The van der Waals surface area contributed by atoms with Crippen molar-refractivity contribution in [3.63, 3.8) is 0 Å². The average molecular weight is 415 g/mol. The van der Waals surface area contributed by atoms with E-state index >= 15 is 0 Å². The summed E-state index contributed by atoms with van der Waals surface area (Å²) in [5.41, 5.74) is 2.33. The highest BCUT2D eigenvalue weighted by Crippen LogP contribution is 2.22. The smallest absolute Gasteiger partial charge is 0.251 e. The third kappa shape index (κ3) is 5.90. The van der Waals surface area contributed by atoms with E-state index in [-0.39, 0.29) is 17.7 Å². The van der Waals surface area contributed by atoms with E-state index in [9.17, 15) is 13.2 Å². The predicted octanol–water partition coefficient (Wildman–Crippen LogP) is 4.13. The largest absolute Gasteiger partial charge is 0.345 e. The maximum atomic E-state index is 12.8. The molecule has 1 amide bonds. The molecule has 2 aromatic carbocycles. The molecule has 1 aliphatic heterocycles. The molecule has 1 heterocycles. The van der Waals surface area contributed by atoms with Gasteiger partial charge in [-0.2, -0.15) is 0 Å². The van der Waals surface area contributed by atoms with Crippen LogP contribution in [0.2, 0.25) is 0 Å². The molecule has 29 heavy (non-hydrogen) atoms. The quantitative estimate of drug-likeness (QED) is 0.706. The van der Waals surface area contributed by atoms with E-state index in [0.717, 1.165) is 24.8 Å². The first-order valence-corrected chi connectivity index (χ1v) is 11.9. The second-order valence-corrected chi connectivity index (χ2v) is 10.1. The van der Waals surface area contributed by atoms with Gasteiger partial charge in [-0.05, 0) is 48.4 Å². The molecule has 1 fully saturated rings. The zero-order valence-corrected chi connectivity index (χ0v) is 18.0. The van der Waals surface area contributed by atoms with Gasteiger partial charge in [-0.15, -0.1) is 0 Å². The van der Waals surface area contributed by atoms with E-state index < -0.39 is 10.0 Å². The Bertz CT molecular complexity index is 903. The second kappa shape index (κ2) is 9.55. The van der Waals surface area contributed by atoms with Gasteiger partial charge in [0.15, 0.2) is 0 Å². The molecule has 0 radical (unpaired) electrons. The van der Waals surface area contributed by atoms with Crippen molar-refractivity contribution >= 4 is 15.9 Å². The van der Waals surface area contributed by atoms with Crippen molar-refractivity contribution in [2.24, 2.45) is 5.92 Å². The van der Waals surface area contributed by atoms with Crippen molar-refractivity contribution in [1.82, 2.24) is 9.62 Å². The fourth-order valence-corrected chi connectivity index (χ4v) is 5.31. The van der Waals surface area contributed by atoms with Gasteiger partial charge in [0, 0.05) is 18.7 Å². The van der Waals surface area contributed by atoms with Crippen LogP contribution in [-0.4, -0.2) is 31.7 Å². The van der Waals surface area contributed by atoms with E-state index in [2.05, 4.69) is 19.2 Å². The normalized spacial score (nSPS) is 16.1. The molecule has 0 spiro atoms. The Hall–Kier alpha value is -2.18. The molecule has 1 N–H and O–H groups in total. The summed E-state index contributed by atoms with van der Waals surface area (Å²) < 4.78 is 26.5. The van der Waals surface area contributed by atoms with Crippen LogP contribution in [-0.2, 0) is 15.8 Å². The summed E-state index contributed by atoms with van der Waals surface area (Å²) >= 11 is 0. The number of nitrogens with one attached hydrogen (secondary N) is 1. The Morgan fingerprint density at radius 3 is 2.21 bits per heavy atom. The van der Waals surface area contributed by atoms with E-state index in [0.29, 0.717) is 30.1 Å². The fraction of sp³-hybridized carbons (Fsp3) is 0.435. The average Bonchev–Trinajstić information content (AvgIpc) is 3.24. The van der Waals surface area contributed by atoms with E-state index in [1.165, 1.54) is 0 Å². The first-order chi connectivity index (χ1) is 13.8. The monoisotopic (exact) mass is 414 g/mol. The molecule has 0 aliphatic carbocycles. The third-order valence-electron chi connectivity index (χ3n) is 5.24. The number of benzene rings is 2. The maximum absolute atomic E-state index is 12.8. The van der Waals surface area contributed by atoms with E-state index in [1.54, 1.807) is 28.6 Å². The Kier molecular flexibility index (Phi) is 7.09. The summed E-state index contributed by atoms with van der Waals surface area (Å²) in [7, 11) is -3.28. The minimum Gasteiger partial charge on any atom is -0.345 e. The number of hydrogen-bond acceptors (Lipinski definition) is 3. The van der Waals surface area contributed by atoms with Gasteiger partial charge in [0.05, 0.1) is 11.8 Å². The Morgan fingerprint density at radius 1 is 1.00 bits per heavy atom. The van der Waals surface area contributed by atoms with Gasteiger partial charge < -0.3 is 5.32 Å². The van der Waals surface area contributed by atoms with Crippen LogP contribution in [0.4, 0.5) is 0 Å². The molecule has 6 heteroatoms. The molecule has 3 rings (SSSR count). The predicted molar refractivity (Wildman–Crippen MR) is 116 cm³/mol. The van der Waals surface area contributed by atoms with Crippen LogP contribution in [0.1, 0.15) is 60.6 Å². The Balaban J connectivity index is 1.67. The van der Waals surface area contributed by atoms with Crippen LogP contribution in [0.15, 0.2) is 54.6 Å². The van der Waals surface area contributed by atoms with E-state index in [4.69, 9.17) is 0 Å². The maximum Gasteiger partial charge on any atom is 0.251 e. The lowest BCUT2D eigenvalue weighted by molar-refractivity contribution is 0.0932. The van der Waals surface area contributed by atoms with Gasteiger partial charge in [0.25, 0.3) is 5.91 Å². The van der Waals surface area contributed by atoms with Crippen LogP contribution < -0.4 is 5.32 Å². The van der Waals surface area contributed by atoms with Crippen LogP contribution in [0.3, 0.4) is 0 Å². The number of carbonyl (C=O) groups excluding carboxylic acids is 1. The lowest BCUT2D eigenvalue weighted by atomic mass is 9.96. The highest BCUT2D eigenvalue weighted by atomic mass is 32.2. The number of sulfonamides is 1. The zero-order valence-electron chi connectivity index (χ0n) is 17.2. The third-order valence-corrected chi connectivity index (χ3v) is 7.09. The van der Waals surface area contributed by atoms with Gasteiger partial charge in [0.1, 0.15) is 0 Å². The Morgan fingerprint density at radius 2 is 1.62 bits per heavy atom. The topological polar surface area (TPSA) is 66.5 Å². The van der Waals surface area contributed by atoms with Gasteiger partial charge >= 0.3 is 0 Å². The molecule has 1 saturated heterocycles. The van der Waals surface area contributed by atoms with Gasteiger partial charge in [-0.3, -0.25) is 4.79 Å². The van der Waals surface area contributed by atoms with Gasteiger partial charge in [-0.1, -0.05) is 56.3 Å². The molecular weight excluding hydrogens is 384 g/mol. The standard InChI is InChI=1S/C23H30N2O3S/c1-18(2)16-22(20-8-4-3-5-9-20)24-23(26)21-12-10-19(11-13-21)17-29(27,28)25-14-6-7-15-25/h3-5,8-13,18,22H,6-7,14-17H2,1-2H3,(H,24,26)/t22-/m1/s1. The van der Waals surface area contributed by atoms with Crippen molar-refractivity contribution in [2.45, 2.75) is 44.9 Å². The van der Waals surface area contributed by atoms with Gasteiger partial charge in [0.2, 0.25) is 10.0 Å². The van der Waals surface area contributed by atoms with Crippen molar-refractivity contribution < 1.29 is 13.2 Å². The van der Waals surface area contributed by atoms with E-state index in [1.807, 2.05) is 30.3 Å². The molecule has 2 aromatic rings. The lowest BCUT2D eigenvalue weighted by Gasteiger charge is -2.21. The van der Waals surface area contributed by atoms with Crippen molar-refractivity contribution in [3.05, 3.63) is 71.3 Å². The highest BCUT2D eigenvalue weighted by Gasteiger charge is 2.25. The number of hydrogen-bond donors (Lipinski definition) is 1. The molecule has 1 atom stereocenters. The molecule has 0 bridgehead atoms. The molecule has 5 nitrogen and oxygen atoms in total. The summed E-state index contributed by atoms with van der Waals surface area (Å²) in [5.74, 6) is 0.279.